The molecule has 1 aromatic rings. The zero-order valence-corrected chi connectivity index (χ0v) is 10.3. The molecular formula is C10H18N4S. The van der Waals surface area contributed by atoms with Crippen molar-refractivity contribution in [1.82, 2.24) is 9.88 Å². The van der Waals surface area contributed by atoms with Crippen molar-refractivity contribution in [1.29, 1.82) is 5.41 Å². The number of aryl methyl sites for hydroxylation is 1. The van der Waals surface area contributed by atoms with Gasteiger partial charge in [0.1, 0.15) is 5.01 Å². The van der Waals surface area contributed by atoms with Crippen LogP contribution in [0.1, 0.15) is 24.0 Å². The molecule has 84 valence electrons. The third-order valence-electron chi connectivity index (χ3n) is 2.32. The largest absolute Gasteiger partial charge is 0.388 e. The molecule has 1 heterocycles. The number of nitrogens with two attached hydrogens (primary N) is 1. The minimum Gasteiger partial charge on any atom is -0.388 e. The summed E-state index contributed by atoms with van der Waals surface area (Å²) in [5.41, 5.74) is 6.44. The van der Waals surface area contributed by atoms with Gasteiger partial charge < -0.3 is 5.73 Å². The predicted octanol–water partition coefficient (Wildman–Crippen LogP) is 1.60. The van der Waals surface area contributed by atoms with Crippen molar-refractivity contribution < 1.29 is 0 Å². The van der Waals surface area contributed by atoms with E-state index in [-0.39, 0.29) is 11.9 Å². The fraction of sp³-hybridized carbons (Fsp3) is 0.600. The Morgan fingerprint density at radius 3 is 2.87 bits per heavy atom. The van der Waals surface area contributed by atoms with E-state index in [1.165, 1.54) is 0 Å². The molecule has 3 N–H and O–H groups in total. The number of thiazole rings is 1. The first-order chi connectivity index (χ1) is 6.99. The van der Waals surface area contributed by atoms with Gasteiger partial charge >= 0.3 is 0 Å². The summed E-state index contributed by atoms with van der Waals surface area (Å²) in [4.78, 5) is 6.57. The summed E-state index contributed by atoms with van der Waals surface area (Å²) >= 11 is 1.68. The molecule has 0 aliphatic heterocycles. The Labute approximate surface area is 94.6 Å². The zero-order chi connectivity index (χ0) is 11.4. The first-order valence-corrected chi connectivity index (χ1v) is 5.81. The van der Waals surface area contributed by atoms with E-state index in [2.05, 4.69) is 22.2 Å². The van der Waals surface area contributed by atoms with Crippen LogP contribution in [0.4, 0.5) is 0 Å². The molecule has 0 amide bonds. The Kier molecular flexibility index (Phi) is 4.23. The van der Waals surface area contributed by atoms with E-state index in [1.54, 1.807) is 11.3 Å². The third kappa shape index (κ3) is 3.97. The fourth-order valence-corrected chi connectivity index (χ4v) is 2.15. The highest BCUT2D eigenvalue weighted by atomic mass is 32.1. The topological polar surface area (TPSA) is 66.0 Å². The number of hydrogen-bond acceptors (Lipinski definition) is 4. The number of nitrogens with zero attached hydrogens (tertiary/aromatic N) is 2. The first-order valence-electron chi connectivity index (χ1n) is 4.93. The van der Waals surface area contributed by atoms with Gasteiger partial charge in [-0.1, -0.05) is 0 Å². The lowest BCUT2D eigenvalue weighted by Crippen LogP contribution is -2.32. The predicted molar refractivity (Wildman–Crippen MR) is 64.3 cm³/mol. The second kappa shape index (κ2) is 5.23. The summed E-state index contributed by atoms with van der Waals surface area (Å²) in [6.45, 7) is 4.90. The van der Waals surface area contributed by atoms with Crippen molar-refractivity contribution in [3.8, 4) is 0 Å². The quantitative estimate of drug-likeness (QED) is 0.592. The van der Waals surface area contributed by atoms with Crippen molar-refractivity contribution >= 4 is 17.2 Å². The molecule has 0 spiro atoms. The summed E-state index contributed by atoms with van der Waals surface area (Å²) < 4.78 is 0. The molecule has 1 aromatic heterocycles. The molecule has 0 bridgehead atoms. The molecule has 0 saturated carbocycles. The third-order valence-corrected chi connectivity index (χ3v) is 3.27. The molecule has 0 aromatic carbocycles. The van der Waals surface area contributed by atoms with Gasteiger partial charge in [-0.2, -0.15) is 0 Å². The van der Waals surface area contributed by atoms with E-state index in [4.69, 9.17) is 11.1 Å². The van der Waals surface area contributed by atoms with E-state index >= 15 is 0 Å². The van der Waals surface area contributed by atoms with Gasteiger partial charge in [-0.25, -0.2) is 4.98 Å². The van der Waals surface area contributed by atoms with Crippen LogP contribution in [-0.4, -0.2) is 28.8 Å². The average molecular weight is 226 g/mol. The lowest BCUT2D eigenvalue weighted by molar-refractivity contribution is 0.254. The number of aromatic nitrogens is 1. The molecule has 1 unspecified atom stereocenters. The lowest BCUT2D eigenvalue weighted by atomic mass is 10.2. The molecular weight excluding hydrogens is 208 g/mol. The second-order valence-electron chi connectivity index (χ2n) is 3.88. The summed E-state index contributed by atoms with van der Waals surface area (Å²) in [5.74, 6) is 0.240. The van der Waals surface area contributed by atoms with Gasteiger partial charge in [0.05, 0.1) is 12.4 Å². The van der Waals surface area contributed by atoms with Crippen LogP contribution in [0.2, 0.25) is 0 Å². The number of hydrogen-bond donors (Lipinski definition) is 2. The van der Waals surface area contributed by atoms with Crippen LogP contribution in [0, 0.1) is 12.3 Å². The van der Waals surface area contributed by atoms with E-state index < -0.39 is 0 Å². The van der Waals surface area contributed by atoms with Crippen molar-refractivity contribution in [2.75, 3.05) is 7.05 Å². The summed E-state index contributed by atoms with van der Waals surface area (Å²) in [5, 5.41) is 10.4. The summed E-state index contributed by atoms with van der Waals surface area (Å²) in [7, 11) is 2.03. The lowest BCUT2D eigenvalue weighted by Gasteiger charge is -2.22. The van der Waals surface area contributed by atoms with Gasteiger partial charge in [0, 0.05) is 23.5 Å². The SMILES string of the molecule is Cc1csc(CN(C)C(C)CC(=N)N)n1. The second-order valence-corrected chi connectivity index (χ2v) is 4.82. The Balaban J connectivity index is 2.47. The molecule has 0 radical (unpaired) electrons. The Morgan fingerprint density at radius 2 is 2.40 bits per heavy atom. The van der Waals surface area contributed by atoms with Crippen LogP contribution in [-0.2, 0) is 6.54 Å². The average Bonchev–Trinajstić information content (AvgIpc) is 2.50. The molecule has 0 aliphatic rings. The molecule has 0 fully saturated rings. The Hall–Kier alpha value is -0.940. The van der Waals surface area contributed by atoms with E-state index in [0.717, 1.165) is 17.2 Å². The minimum atomic E-state index is 0.240. The van der Waals surface area contributed by atoms with Crippen LogP contribution < -0.4 is 5.73 Å². The van der Waals surface area contributed by atoms with Crippen LogP contribution in [0.5, 0.6) is 0 Å². The van der Waals surface area contributed by atoms with Gasteiger partial charge in [-0.15, -0.1) is 11.3 Å². The highest BCUT2D eigenvalue weighted by molar-refractivity contribution is 7.09. The van der Waals surface area contributed by atoms with Crippen molar-refractivity contribution in [2.45, 2.75) is 32.9 Å². The standard InChI is InChI=1S/C10H18N4S/c1-7-6-15-10(13-7)5-14(3)8(2)4-9(11)12/h6,8H,4-5H2,1-3H3,(H3,11,12). The monoisotopic (exact) mass is 226 g/mol. The maximum atomic E-state index is 7.24. The normalized spacial score (nSPS) is 13.1. The molecule has 5 heteroatoms. The van der Waals surface area contributed by atoms with Gasteiger partial charge in [-0.05, 0) is 20.9 Å². The molecule has 0 saturated heterocycles. The Bertz CT molecular complexity index is 334. The van der Waals surface area contributed by atoms with Gasteiger partial charge in [0.2, 0.25) is 0 Å². The highest BCUT2D eigenvalue weighted by Gasteiger charge is 2.12. The first kappa shape index (κ1) is 12.1. The zero-order valence-electron chi connectivity index (χ0n) is 9.45. The molecule has 1 atom stereocenters. The molecule has 4 nitrogen and oxygen atoms in total. The molecule has 0 aliphatic carbocycles. The van der Waals surface area contributed by atoms with Gasteiger partial charge in [0.25, 0.3) is 0 Å². The Morgan fingerprint density at radius 1 is 1.73 bits per heavy atom. The van der Waals surface area contributed by atoms with Gasteiger partial charge in [0.15, 0.2) is 0 Å². The van der Waals surface area contributed by atoms with Crippen molar-refractivity contribution in [2.24, 2.45) is 5.73 Å². The van der Waals surface area contributed by atoms with E-state index in [0.29, 0.717) is 6.42 Å². The minimum absolute atomic E-state index is 0.240. The maximum absolute atomic E-state index is 7.24. The summed E-state index contributed by atoms with van der Waals surface area (Å²) in [6, 6.07) is 0.284. The smallest absolute Gasteiger partial charge is 0.107 e. The fourth-order valence-electron chi connectivity index (χ4n) is 1.32. The number of nitrogens with one attached hydrogen (secondary N) is 1. The van der Waals surface area contributed by atoms with Crippen LogP contribution in [0.15, 0.2) is 5.38 Å². The van der Waals surface area contributed by atoms with Crippen molar-refractivity contribution in [3.05, 3.63) is 16.1 Å². The maximum Gasteiger partial charge on any atom is 0.107 e. The highest BCUT2D eigenvalue weighted by Crippen LogP contribution is 2.13. The number of rotatable bonds is 5. The molecule has 1 rings (SSSR count). The van der Waals surface area contributed by atoms with Crippen LogP contribution in [0.3, 0.4) is 0 Å². The van der Waals surface area contributed by atoms with Crippen molar-refractivity contribution in [3.63, 3.8) is 0 Å². The van der Waals surface area contributed by atoms with E-state index in [1.807, 2.05) is 14.0 Å². The van der Waals surface area contributed by atoms with E-state index in [9.17, 15) is 0 Å². The van der Waals surface area contributed by atoms with Crippen LogP contribution >= 0.6 is 11.3 Å². The number of amidine groups is 1. The molecule has 15 heavy (non-hydrogen) atoms. The van der Waals surface area contributed by atoms with Crippen LogP contribution in [0.25, 0.3) is 0 Å². The summed E-state index contributed by atoms with van der Waals surface area (Å²) in [6.07, 6.45) is 0.612. The van der Waals surface area contributed by atoms with Gasteiger partial charge in [-0.3, -0.25) is 10.3 Å².